The Bertz CT molecular complexity index is 1120. The molecule has 0 aliphatic carbocycles. The number of nitro groups is 1. The number of sulfone groups is 1. The van der Waals surface area contributed by atoms with Gasteiger partial charge < -0.3 is 10.1 Å². The molecule has 1 heterocycles. The summed E-state index contributed by atoms with van der Waals surface area (Å²) in [5.41, 5.74) is -0.363. The Morgan fingerprint density at radius 1 is 1.23 bits per heavy atom. The zero-order valence-corrected chi connectivity index (χ0v) is 18.3. The molecule has 0 radical (unpaired) electrons. The second-order valence-electron chi connectivity index (χ2n) is 6.74. The normalized spacial score (nSPS) is 17.1. The Labute approximate surface area is 187 Å². The van der Waals surface area contributed by atoms with Gasteiger partial charge in [0.2, 0.25) is 0 Å². The van der Waals surface area contributed by atoms with E-state index < -0.39 is 39.3 Å². The maximum absolute atomic E-state index is 12.2. The van der Waals surface area contributed by atoms with E-state index in [0.717, 1.165) is 22.7 Å². The van der Waals surface area contributed by atoms with Crippen molar-refractivity contribution < 1.29 is 27.7 Å². The Morgan fingerprint density at radius 3 is 2.55 bits per heavy atom. The summed E-state index contributed by atoms with van der Waals surface area (Å²) in [6, 6.07) is 10.1. The quantitative estimate of drug-likeness (QED) is 0.360. The molecule has 1 atom stereocenters. The lowest BCUT2D eigenvalue weighted by molar-refractivity contribution is -0.387. The molecular formula is C19H17ClN2O7S2. The second-order valence-corrected chi connectivity index (χ2v) is 10.5. The van der Waals surface area contributed by atoms with E-state index >= 15 is 0 Å². The molecule has 1 aliphatic rings. The van der Waals surface area contributed by atoms with E-state index in [4.69, 9.17) is 16.3 Å². The Balaban J connectivity index is 1.63. The van der Waals surface area contributed by atoms with Crippen LogP contribution in [0.25, 0.3) is 0 Å². The fraction of sp³-hybridized carbons (Fsp3) is 0.263. The molecule has 12 heteroatoms. The zero-order valence-electron chi connectivity index (χ0n) is 15.9. The number of amides is 1. The van der Waals surface area contributed by atoms with Crippen LogP contribution in [0.15, 0.2) is 52.3 Å². The van der Waals surface area contributed by atoms with Crippen LogP contribution in [0.5, 0.6) is 0 Å². The zero-order chi connectivity index (χ0) is 22.6. The molecule has 0 unspecified atom stereocenters. The first-order chi connectivity index (χ1) is 14.6. The van der Waals surface area contributed by atoms with Crippen molar-refractivity contribution in [2.24, 2.45) is 0 Å². The number of rotatable bonds is 7. The number of hydrogen-bond donors (Lipinski definition) is 1. The summed E-state index contributed by atoms with van der Waals surface area (Å²) in [5, 5.41) is 14.5. The van der Waals surface area contributed by atoms with Crippen molar-refractivity contribution in [3.63, 3.8) is 0 Å². The summed E-state index contributed by atoms with van der Waals surface area (Å²) in [6.45, 7) is -0.621. The van der Waals surface area contributed by atoms with Gasteiger partial charge in [-0.1, -0.05) is 23.4 Å². The van der Waals surface area contributed by atoms with Crippen molar-refractivity contribution in [2.45, 2.75) is 22.3 Å². The van der Waals surface area contributed by atoms with E-state index in [1.54, 1.807) is 24.3 Å². The number of carbonyl (C=O) groups excluding carboxylic acids is 2. The fourth-order valence-electron chi connectivity index (χ4n) is 2.90. The first-order valence-electron chi connectivity index (χ1n) is 9.02. The Morgan fingerprint density at radius 2 is 1.94 bits per heavy atom. The number of nitrogens with zero attached hydrogens (tertiary/aromatic N) is 1. The minimum absolute atomic E-state index is 0.00177. The maximum atomic E-state index is 12.2. The summed E-state index contributed by atoms with van der Waals surface area (Å²) >= 11 is 6.98. The van der Waals surface area contributed by atoms with Gasteiger partial charge in [-0.25, -0.2) is 13.2 Å². The number of nitro benzene ring substituents is 1. The number of nitrogens with one attached hydrogen (secondary N) is 1. The molecule has 1 N–H and O–H groups in total. The first kappa shape index (κ1) is 23.0. The molecule has 0 bridgehead atoms. The van der Waals surface area contributed by atoms with Crippen LogP contribution in [0.2, 0.25) is 5.02 Å². The van der Waals surface area contributed by atoms with Crippen molar-refractivity contribution in [3.8, 4) is 0 Å². The lowest BCUT2D eigenvalue weighted by atomic mass is 10.2. The summed E-state index contributed by atoms with van der Waals surface area (Å²) in [4.78, 5) is 36.0. The minimum atomic E-state index is -3.15. The number of halogens is 1. The highest BCUT2D eigenvalue weighted by Gasteiger charge is 2.29. The lowest BCUT2D eigenvalue weighted by Crippen LogP contribution is -2.38. The van der Waals surface area contributed by atoms with Gasteiger partial charge in [0, 0.05) is 22.0 Å². The number of carbonyl (C=O) groups is 2. The van der Waals surface area contributed by atoms with E-state index in [-0.39, 0.29) is 22.8 Å². The molecule has 0 spiro atoms. The van der Waals surface area contributed by atoms with Crippen molar-refractivity contribution in [1.29, 1.82) is 0 Å². The second kappa shape index (κ2) is 9.67. The van der Waals surface area contributed by atoms with Crippen LogP contribution in [0.3, 0.4) is 0 Å². The predicted octanol–water partition coefficient (Wildman–Crippen LogP) is 2.86. The van der Waals surface area contributed by atoms with Crippen molar-refractivity contribution in [3.05, 3.63) is 63.2 Å². The van der Waals surface area contributed by atoms with E-state index in [0.29, 0.717) is 16.3 Å². The molecule has 1 amide bonds. The summed E-state index contributed by atoms with van der Waals surface area (Å²) in [7, 11) is -3.15. The van der Waals surface area contributed by atoms with E-state index in [9.17, 15) is 28.1 Å². The van der Waals surface area contributed by atoms with Gasteiger partial charge in [0.25, 0.3) is 11.6 Å². The molecule has 3 rings (SSSR count). The average Bonchev–Trinajstić information content (AvgIpc) is 3.06. The number of esters is 1. The molecule has 9 nitrogen and oxygen atoms in total. The Kier molecular flexibility index (Phi) is 7.19. The largest absolute Gasteiger partial charge is 0.452 e. The minimum Gasteiger partial charge on any atom is -0.452 e. The van der Waals surface area contributed by atoms with Gasteiger partial charge in [0.1, 0.15) is 0 Å². The lowest BCUT2D eigenvalue weighted by Gasteiger charge is -2.11. The van der Waals surface area contributed by atoms with Crippen LogP contribution in [-0.4, -0.2) is 49.4 Å². The van der Waals surface area contributed by atoms with Gasteiger partial charge in [-0.2, -0.15) is 0 Å². The van der Waals surface area contributed by atoms with Crippen LogP contribution < -0.4 is 5.32 Å². The third-order valence-electron chi connectivity index (χ3n) is 4.36. The van der Waals surface area contributed by atoms with Crippen LogP contribution in [-0.2, 0) is 19.4 Å². The molecule has 1 aliphatic heterocycles. The third kappa shape index (κ3) is 6.42. The predicted molar refractivity (Wildman–Crippen MR) is 114 cm³/mol. The molecule has 31 heavy (non-hydrogen) atoms. The summed E-state index contributed by atoms with van der Waals surface area (Å²) in [6.07, 6.45) is 0.307. The highest BCUT2D eigenvalue weighted by molar-refractivity contribution is 7.99. The molecular weight excluding hydrogens is 468 g/mol. The van der Waals surface area contributed by atoms with Crippen molar-refractivity contribution in [2.75, 3.05) is 18.1 Å². The monoisotopic (exact) mass is 484 g/mol. The topological polar surface area (TPSA) is 133 Å². The maximum Gasteiger partial charge on any atom is 0.338 e. The van der Waals surface area contributed by atoms with Crippen LogP contribution in [0.1, 0.15) is 16.8 Å². The molecule has 1 saturated heterocycles. The van der Waals surface area contributed by atoms with E-state index in [1.165, 1.54) is 12.1 Å². The first-order valence-corrected chi connectivity index (χ1v) is 12.0. The number of hydrogen-bond acceptors (Lipinski definition) is 8. The highest BCUT2D eigenvalue weighted by Crippen LogP contribution is 2.35. The van der Waals surface area contributed by atoms with Gasteiger partial charge >= 0.3 is 5.97 Å². The highest BCUT2D eigenvalue weighted by atomic mass is 35.5. The summed E-state index contributed by atoms with van der Waals surface area (Å²) < 4.78 is 27.8. The standard InChI is InChI=1S/C19H17ClN2O7S2/c20-13-2-4-15(5-3-13)30-17-6-1-12(9-16(17)22(25)26)19(24)29-10-18(23)21-14-7-8-31(27,28)11-14/h1-6,9,14H,7-8,10-11H2,(H,21,23)/t14-/m0/s1. The number of ether oxygens (including phenoxy) is 1. The van der Waals surface area contributed by atoms with Gasteiger partial charge in [0.05, 0.1) is 26.9 Å². The van der Waals surface area contributed by atoms with Crippen molar-refractivity contribution in [1.82, 2.24) is 5.32 Å². The van der Waals surface area contributed by atoms with Crippen molar-refractivity contribution >= 4 is 50.8 Å². The molecule has 0 saturated carbocycles. The SMILES string of the molecule is O=C(COC(=O)c1ccc(Sc2ccc(Cl)cc2)c([N+](=O)[O-])c1)N[C@H]1CCS(=O)(=O)C1. The van der Waals surface area contributed by atoms with E-state index in [2.05, 4.69) is 5.32 Å². The number of benzene rings is 2. The van der Waals surface area contributed by atoms with Gasteiger partial charge in [-0.3, -0.25) is 14.9 Å². The smallest absolute Gasteiger partial charge is 0.338 e. The van der Waals surface area contributed by atoms with E-state index in [1.807, 2.05) is 0 Å². The van der Waals surface area contributed by atoms with Gasteiger partial charge in [-0.05, 0) is 42.8 Å². The Hall–Kier alpha value is -2.63. The summed E-state index contributed by atoms with van der Waals surface area (Å²) in [5.74, 6) is -1.69. The fourth-order valence-corrected chi connectivity index (χ4v) is 5.60. The molecule has 0 aromatic heterocycles. The average molecular weight is 485 g/mol. The van der Waals surface area contributed by atoms with Crippen LogP contribution in [0, 0.1) is 10.1 Å². The molecule has 2 aromatic rings. The molecule has 164 valence electrons. The third-order valence-corrected chi connectivity index (χ3v) is 7.46. The molecule has 1 fully saturated rings. The van der Waals surface area contributed by atoms with Gasteiger partial charge in [-0.15, -0.1) is 0 Å². The molecule has 2 aromatic carbocycles. The van der Waals surface area contributed by atoms with Gasteiger partial charge in [0.15, 0.2) is 16.4 Å². The van der Waals surface area contributed by atoms with Crippen LogP contribution >= 0.6 is 23.4 Å². The van der Waals surface area contributed by atoms with Crippen LogP contribution in [0.4, 0.5) is 5.69 Å².